The highest BCUT2D eigenvalue weighted by molar-refractivity contribution is 5.84. The number of hydrogen-bond acceptors (Lipinski definition) is 5. The number of rotatable bonds is 4. The van der Waals surface area contributed by atoms with E-state index in [1.807, 2.05) is 0 Å². The molecule has 2 heterocycles. The first-order valence-electron chi connectivity index (χ1n) is 6.23. The van der Waals surface area contributed by atoms with E-state index in [9.17, 15) is 4.79 Å². The molecular formula is C12H18N4O2. The highest BCUT2D eigenvalue weighted by Gasteiger charge is 2.18. The van der Waals surface area contributed by atoms with Crippen molar-refractivity contribution in [2.75, 3.05) is 25.0 Å². The van der Waals surface area contributed by atoms with Crippen LogP contribution in [-0.2, 0) is 0 Å². The van der Waals surface area contributed by atoms with Gasteiger partial charge in [0.1, 0.15) is 5.82 Å². The summed E-state index contributed by atoms with van der Waals surface area (Å²) in [5.41, 5.74) is -0.0284. The molecule has 6 nitrogen and oxygen atoms in total. The molecule has 0 aliphatic carbocycles. The number of nitrogens with zero attached hydrogens (tertiary/aromatic N) is 3. The third kappa shape index (κ3) is 3.16. The Morgan fingerprint density at radius 3 is 3.00 bits per heavy atom. The van der Waals surface area contributed by atoms with E-state index < -0.39 is 5.97 Å². The Bertz CT molecular complexity index is 407. The van der Waals surface area contributed by atoms with Crippen LogP contribution in [0.2, 0.25) is 0 Å². The number of carbonyl (C=O) groups is 1. The van der Waals surface area contributed by atoms with E-state index in [2.05, 4.69) is 27.1 Å². The summed E-state index contributed by atoms with van der Waals surface area (Å²) < 4.78 is 0. The molecule has 2 N–H and O–H groups in total. The molecule has 1 saturated heterocycles. The molecule has 1 atom stereocenters. The number of aromatic carboxylic acids is 1. The van der Waals surface area contributed by atoms with Crippen LogP contribution in [0, 0.1) is 0 Å². The number of hydrogen-bond donors (Lipinski definition) is 2. The molecule has 0 aromatic carbocycles. The predicted molar refractivity (Wildman–Crippen MR) is 67.8 cm³/mol. The Morgan fingerprint density at radius 2 is 2.39 bits per heavy atom. The fraction of sp³-hybridized carbons (Fsp3) is 0.583. The summed E-state index contributed by atoms with van der Waals surface area (Å²) in [7, 11) is 0. The first-order valence-corrected chi connectivity index (χ1v) is 6.23. The zero-order chi connectivity index (χ0) is 13.0. The number of nitrogens with one attached hydrogen (secondary N) is 1. The molecule has 1 unspecified atom stereocenters. The van der Waals surface area contributed by atoms with E-state index in [4.69, 9.17) is 5.11 Å². The Balaban J connectivity index is 1.94. The van der Waals surface area contributed by atoms with Crippen LogP contribution in [0.25, 0.3) is 0 Å². The second-order valence-electron chi connectivity index (χ2n) is 4.47. The molecule has 0 radical (unpaired) electrons. The van der Waals surface area contributed by atoms with Gasteiger partial charge in [-0.25, -0.2) is 14.8 Å². The normalized spacial score (nSPS) is 20.6. The maximum absolute atomic E-state index is 10.7. The van der Waals surface area contributed by atoms with Gasteiger partial charge >= 0.3 is 5.97 Å². The molecular weight excluding hydrogens is 232 g/mol. The average Bonchev–Trinajstić information content (AvgIpc) is 2.39. The summed E-state index contributed by atoms with van der Waals surface area (Å²) in [5, 5.41) is 12.0. The summed E-state index contributed by atoms with van der Waals surface area (Å²) in [6, 6.07) is 0.365. The van der Waals surface area contributed by atoms with Gasteiger partial charge < -0.3 is 15.3 Å². The Morgan fingerprint density at radius 1 is 1.56 bits per heavy atom. The number of aromatic nitrogens is 2. The molecule has 1 fully saturated rings. The molecule has 1 aromatic rings. The van der Waals surface area contributed by atoms with Crippen LogP contribution in [0.3, 0.4) is 0 Å². The molecule has 0 spiro atoms. The van der Waals surface area contributed by atoms with Crippen molar-refractivity contribution in [3.05, 3.63) is 18.1 Å². The number of anilines is 1. The third-order valence-electron chi connectivity index (χ3n) is 3.18. The van der Waals surface area contributed by atoms with E-state index in [0.29, 0.717) is 11.9 Å². The van der Waals surface area contributed by atoms with E-state index in [1.54, 1.807) is 0 Å². The number of likely N-dealkylation sites (tertiary alicyclic amines) is 1. The quantitative estimate of drug-likeness (QED) is 0.832. The lowest BCUT2D eigenvalue weighted by Crippen LogP contribution is -2.42. The Hall–Kier alpha value is -1.69. The first kappa shape index (κ1) is 12.8. The fourth-order valence-electron chi connectivity index (χ4n) is 2.18. The van der Waals surface area contributed by atoms with Crippen LogP contribution >= 0.6 is 0 Å². The topological polar surface area (TPSA) is 78.4 Å². The molecule has 0 bridgehead atoms. The molecule has 0 saturated carbocycles. The number of carboxylic acids is 1. The summed E-state index contributed by atoms with van der Waals surface area (Å²) in [6.07, 6.45) is 5.05. The molecule has 98 valence electrons. The van der Waals surface area contributed by atoms with Gasteiger partial charge in [0.05, 0.1) is 12.4 Å². The van der Waals surface area contributed by atoms with Gasteiger partial charge in [0.2, 0.25) is 0 Å². The maximum Gasteiger partial charge on any atom is 0.356 e. The van der Waals surface area contributed by atoms with Crippen molar-refractivity contribution in [1.29, 1.82) is 0 Å². The van der Waals surface area contributed by atoms with Gasteiger partial charge in [0, 0.05) is 12.6 Å². The standard InChI is InChI=1S/C12H18N4O2/c1-2-16-5-3-4-9(8-16)15-11-7-13-10(6-14-11)12(17)18/h6-7,9H,2-5,8H2,1H3,(H,14,15)(H,17,18). The van der Waals surface area contributed by atoms with Gasteiger partial charge in [-0.15, -0.1) is 0 Å². The highest BCUT2D eigenvalue weighted by atomic mass is 16.4. The Labute approximate surface area is 106 Å². The zero-order valence-corrected chi connectivity index (χ0v) is 10.5. The largest absolute Gasteiger partial charge is 0.476 e. The van der Waals surface area contributed by atoms with Gasteiger partial charge in [-0.1, -0.05) is 6.92 Å². The summed E-state index contributed by atoms with van der Waals surface area (Å²) in [4.78, 5) is 21.0. The van der Waals surface area contributed by atoms with Crippen molar-refractivity contribution in [2.45, 2.75) is 25.8 Å². The number of likely N-dealkylation sites (N-methyl/N-ethyl adjacent to an activating group) is 1. The second-order valence-corrected chi connectivity index (χ2v) is 4.47. The van der Waals surface area contributed by atoms with Crippen LogP contribution in [-0.4, -0.2) is 51.6 Å². The molecule has 6 heteroatoms. The lowest BCUT2D eigenvalue weighted by atomic mass is 10.1. The maximum atomic E-state index is 10.7. The van der Waals surface area contributed by atoms with Gasteiger partial charge in [-0.05, 0) is 25.9 Å². The van der Waals surface area contributed by atoms with Crippen molar-refractivity contribution in [3.63, 3.8) is 0 Å². The average molecular weight is 250 g/mol. The van der Waals surface area contributed by atoms with Crippen LogP contribution in [0.5, 0.6) is 0 Å². The van der Waals surface area contributed by atoms with Gasteiger partial charge in [-0.2, -0.15) is 0 Å². The van der Waals surface area contributed by atoms with Crippen LogP contribution in [0.15, 0.2) is 12.4 Å². The summed E-state index contributed by atoms with van der Waals surface area (Å²) in [6.45, 7) is 5.36. The van der Waals surface area contributed by atoms with Crippen molar-refractivity contribution in [2.24, 2.45) is 0 Å². The van der Waals surface area contributed by atoms with Crippen molar-refractivity contribution < 1.29 is 9.90 Å². The van der Waals surface area contributed by atoms with E-state index in [0.717, 1.165) is 26.1 Å². The lowest BCUT2D eigenvalue weighted by Gasteiger charge is -2.32. The minimum atomic E-state index is -1.05. The van der Waals surface area contributed by atoms with E-state index in [1.165, 1.54) is 18.8 Å². The van der Waals surface area contributed by atoms with Crippen LogP contribution in [0.1, 0.15) is 30.3 Å². The zero-order valence-electron chi connectivity index (χ0n) is 10.5. The molecule has 1 aromatic heterocycles. The van der Waals surface area contributed by atoms with Crippen molar-refractivity contribution in [3.8, 4) is 0 Å². The van der Waals surface area contributed by atoms with Crippen molar-refractivity contribution in [1.82, 2.24) is 14.9 Å². The SMILES string of the molecule is CCN1CCCC(Nc2cnc(C(=O)O)cn2)C1. The van der Waals surface area contributed by atoms with Crippen LogP contribution < -0.4 is 5.32 Å². The molecule has 18 heavy (non-hydrogen) atoms. The molecule has 1 aliphatic heterocycles. The minimum Gasteiger partial charge on any atom is -0.476 e. The number of piperidine rings is 1. The van der Waals surface area contributed by atoms with E-state index in [-0.39, 0.29) is 5.69 Å². The summed E-state index contributed by atoms with van der Waals surface area (Å²) >= 11 is 0. The monoisotopic (exact) mass is 250 g/mol. The first-order chi connectivity index (χ1) is 8.69. The van der Waals surface area contributed by atoms with Gasteiger partial charge in [0.25, 0.3) is 0 Å². The molecule has 2 rings (SSSR count). The lowest BCUT2D eigenvalue weighted by molar-refractivity contribution is 0.0690. The Kier molecular flexibility index (Phi) is 4.09. The second kappa shape index (κ2) is 5.77. The minimum absolute atomic E-state index is 0.0284. The molecule has 1 aliphatic rings. The van der Waals surface area contributed by atoms with E-state index >= 15 is 0 Å². The fourth-order valence-corrected chi connectivity index (χ4v) is 2.18. The third-order valence-corrected chi connectivity index (χ3v) is 3.18. The highest BCUT2D eigenvalue weighted by Crippen LogP contribution is 2.13. The van der Waals surface area contributed by atoms with Crippen molar-refractivity contribution >= 4 is 11.8 Å². The van der Waals surface area contributed by atoms with Gasteiger partial charge in [0.15, 0.2) is 5.69 Å². The predicted octanol–water partition coefficient (Wildman–Crippen LogP) is 1.07. The molecule has 0 amide bonds. The number of carboxylic acid groups (broad SMARTS) is 1. The van der Waals surface area contributed by atoms with Crippen LogP contribution in [0.4, 0.5) is 5.82 Å². The smallest absolute Gasteiger partial charge is 0.356 e. The summed E-state index contributed by atoms with van der Waals surface area (Å²) in [5.74, 6) is -0.410. The van der Waals surface area contributed by atoms with Gasteiger partial charge in [-0.3, -0.25) is 0 Å².